The van der Waals surface area contributed by atoms with Crippen LogP contribution in [0.5, 0.6) is 0 Å². The fourth-order valence-corrected chi connectivity index (χ4v) is 2.16. The summed E-state index contributed by atoms with van der Waals surface area (Å²) in [6.45, 7) is 1.21. The molecule has 0 spiro atoms. The molecule has 0 fully saturated rings. The predicted octanol–water partition coefficient (Wildman–Crippen LogP) is 1.99. The molecule has 0 atom stereocenters. The van der Waals surface area contributed by atoms with Crippen molar-refractivity contribution in [2.45, 2.75) is 13.1 Å². The van der Waals surface area contributed by atoms with E-state index in [0.29, 0.717) is 24.3 Å². The minimum absolute atomic E-state index is 0.186. The fraction of sp³-hybridized carbons (Fsp3) is 0.200. The van der Waals surface area contributed by atoms with Crippen LogP contribution >= 0.6 is 0 Å². The molecule has 5 heteroatoms. The highest BCUT2D eigenvalue weighted by atomic mass is 16.4. The molecule has 0 amide bonds. The zero-order chi connectivity index (χ0) is 14.5. The number of nitrogens with two attached hydrogens (primary N) is 1. The Balaban J connectivity index is 2.14. The number of benzene rings is 1. The monoisotopic (exact) mass is 271 g/mol. The Labute approximate surface area is 117 Å². The number of hydrogen-bond donors (Lipinski definition) is 2. The van der Waals surface area contributed by atoms with E-state index in [-0.39, 0.29) is 5.56 Å². The van der Waals surface area contributed by atoms with Crippen LogP contribution in [-0.2, 0) is 13.1 Å². The van der Waals surface area contributed by atoms with Crippen LogP contribution in [-0.4, -0.2) is 28.0 Å². The number of aromatic nitrogens is 1. The van der Waals surface area contributed by atoms with Crippen LogP contribution in [0.4, 0.5) is 5.69 Å². The van der Waals surface area contributed by atoms with Crippen molar-refractivity contribution in [1.29, 1.82) is 0 Å². The van der Waals surface area contributed by atoms with Gasteiger partial charge in [-0.2, -0.15) is 0 Å². The number of aromatic carboxylic acids is 1. The zero-order valence-electron chi connectivity index (χ0n) is 11.3. The van der Waals surface area contributed by atoms with Gasteiger partial charge in [0.1, 0.15) is 0 Å². The first-order valence-electron chi connectivity index (χ1n) is 6.26. The van der Waals surface area contributed by atoms with Crippen LogP contribution in [0.15, 0.2) is 42.7 Å². The summed E-state index contributed by atoms with van der Waals surface area (Å²) in [5.41, 5.74) is 8.01. The molecular weight excluding hydrogens is 254 g/mol. The Bertz CT molecular complexity index is 599. The van der Waals surface area contributed by atoms with Gasteiger partial charge in [-0.05, 0) is 30.3 Å². The van der Waals surface area contributed by atoms with Crippen molar-refractivity contribution in [1.82, 2.24) is 9.88 Å². The molecule has 1 aromatic heterocycles. The molecule has 1 aromatic carbocycles. The lowest BCUT2D eigenvalue weighted by atomic mass is 10.0. The van der Waals surface area contributed by atoms with Gasteiger partial charge in [-0.3, -0.25) is 9.88 Å². The van der Waals surface area contributed by atoms with Crippen LogP contribution in [0.2, 0.25) is 0 Å². The molecule has 20 heavy (non-hydrogen) atoms. The second-order valence-electron chi connectivity index (χ2n) is 4.72. The minimum Gasteiger partial charge on any atom is -0.478 e. The molecule has 2 aromatic rings. The van der Waals surface area contributed by atoms with Crippen molar-refractivity contribution in [3.63, 3.8) is 0 Å². The summed E-state index contributed by atoms with van der Waals surface area (Å²) in [6, 6.07) is 9.04. The van der Waals surface area contributed by atoms with Crippen LogP contribution in [0.25, 0.3) is 0 Å². The summed E-state index contributed by atoms with van der Waals surface area (Å²) < 4.78 is 0. The molecule has 104 valence electrons. The highest BCUT2D eigenvalue weighted by Gasteiger charge is 2.14. The van der Waals surface area contributed by atoms with Crippen LogP contribution < -0.4 is 5.73 Å². The third-order valence-corrected chi connectivity index (χ3v) is 3.01. The van der Waals surface area contributed by atoms with Gasteiger partial charge in [0.25, 0.3) is 0 Å². The summed E-state index contributed by atoms with van der Waals surface area (Å²) in [5.74, 6) is -0.993. The molecule has 0 radical (unpaired) electrons. The minimum atomic E-state index is -0.993. The smallest absolute Gasteiger partial charge is 0.338 e. The summed E-state index contributed by atoms with van der Waals surface area (Å²) in [7, 11) is 1.93. The largest absolute Gasteiger partial charge is 0.478 e. The van der Waals surface area contributed by atoms with Gasteiger partial charge in [-0.15, -0.1) is 0 Å². The summed E-state index contributed by atoms with van der Waals surface area (Å²) in [4.78, 5) is 17.4. The number of nitrogen functional groups attached to an aromatic ring is 1. The van der Waals surface area contributed by atoms with E-state index in [4.69, 9.17) is 5.73 Å². The Morgan fingerprint density at radius 2 is 2.10 bits per heavy atom. The van der Waals surface area contributed by atoms with Crippen molar-refractivity contribution in [2.24, 2.45) is 0 Å². The predicted molar refractivity (Wildman–Crippen MR) is 77.2 cm³/mol. The molecule has 0 aliphatic heterocycles. The van der Waals surface area contributed by atoms with Crippen molar-refractivity contribution < 1.29 is 9.90 Å². The average Bonchev–Trinajstić information content (AvgIpc) is 2.39. The second kappa shape index (κ2) is 6.16. The van der Waals surface area contributed by atoms with E-state index in [9.17, 15) is 9.90 Å². The van der Waals surface area contributed by atoms with Crippen molar-refractivity contribution in [2.75, 3.05) is 12.8 Å². The van der Waals surface area contributed by atoms with Gasteiger partial charge in [0.15, 0.2) is 0 Å². The van der Waals surface area contributed by atoms with Crippen LogP contribution in [0.1, 0.15) is 21.5 Å². The standard InChI is InChI=1S/C15H17N3O2/c1-18(9-11-4-3-7-17-8-11)10-12-5-2-6-13(16)14(12)15(19)20/h2-8H,9-10,16H2,1H3,(H,19,20). The third kappa shape index (κ3) is 3.33. The lowest BCUT2D eigenvalue weighted by molar-refractivity contribution is 0.0696. The van der Waals surface area contributed by atoms with E-state index in [1.807, 2.05) is 24.1 Å². The maximum Gasteiger partial charge on any atom is 0.338 e. The molecule has 0 saturated carbocycles. The molecule has 0 aliphatic carbocycles. The first-order valence-corrected chi connectivity index (χ1v) is 6.26. The number of anilines is 1. The zero-order valence-corrected chi connectivity index (χ0v) is 11.3. The molecular formula is C15H17N3O2. The Kier molecular flexibility index (Phi) is 4.32. The van der Waals surface area contributed by atoms with E-state index in [2.05, 4.69) is 4.98 Å². The van der Waals surface area contributed by atoms with Crippen LogP contribution in [0.3, 0.4) is 0 Å². The quantitative estimate of drug-likeness (QED) is 0.813. The van der Waals surface area contributed by atoms with Gasteiger partial charge >= 0.3 is 5.97 Å². The Hall–Kier alpha value is -2.40. The van der Waals surface area contributed by atoms with Crippen molar-refractivity contribution in [3.05, 3.63) is 59.4 Å². The van der Waals surface area contributed by atoms with E-state index < -0.39 is 5.97 Å². The lowest BCUT2D eigenvalue weighted by Crippen LogP contribution is -2.19. The number of nitrogens with zero attached hydrogens (tertiary/aromatic N) is 2. The highest BCUT2D eigenvalue weighted by molar-refractivity contribution is 5.95. The number of hydrogen-bond acceptors (Lipinski definition) is 4. The molecule has 3 N–H and O–H groups in total. The topological polar surface area (TPSA) is 79.5 Å². The molecule has 1 heterocycles. The SMILES string of the molecule is CN(Cc1cccnc1)Cc1cccc(N)c1C(=O)O. The molecule has 2 rings (SSSR count). The van der Waals surface area contributed by atoms with Crippen LogP contribution in [0, 0.1) is 0 Å². The number of rotatable bonds is 5. The maximum atomic E-state index is 11.3. The summed E-state index contributed by atoms with van der Waals surface area (Å²) >= 11 is 0. The van der Waals surface area contributed by atoms with Crippen molar-refractivity contribution in [3.8, 4) is 0 Å². The van der Waals surface area contributed by atoms with Gasteiger partial charge in [-0.1, -0.05) is 18.2 Å². The highest BCUT2D eigenvalue weighted by Crippen LogP contribution is 2.19. The first kappa shape index (κ1) is 14.0. The Morgan fingerprint density at radius 1 is 1.30 bits per heavy atom. The number of carboxylic acid groups (broad SMARTS) is 1. The summed E-state index contributed by atoms with van der Waals surface area (Å²) in [5, 5.41) is 9.24. The van der Waals surface area contributed by atoms with Gasteiger partial charge in [-0.25, -0.2) is 4.79 Å². The molecule has 0 aliphatic rings. The van der Waals surface area contributed by atoms with E-state index in [0.717, 1.165) is 5.56 Å². The maximum absolute atomic E-state index is 11.3. The molecule has 5 nitrogen and oxygen atoms in total. The molecule has 0 unspecified atom stereocenters. The molecule has 0 saturated heterocycles. The first-order chi connectivity index (χ1) is 9.58. The fourth-order valence-electron chi connectivity index (χ4n) is 2.16. The van der Waals surface area contributed by atoms with Gasteiger partial charge in [0.05, 0.1) is 5.56 Å². The average molecular weight is 271 g/mol. The van der Waals surface area contributed by atoms with E-state index in [1.54, 1.807) is 30.6 Å². The number of carbonyl (C=O) groups is 1. The number of pyridine rings is 1. The van der Waals surface area contributed by atoms with E-state index in [1.165, 1.54) is 0 Å². The normalized spacial score (nSPS) is 10.7. The van der Waals surface area contributed by atoms with E-state index >= 15 is 0 Å². The lowest BCUT2D eigenvalue weighted by Gasteiger charge is -2.18. The van der Waals surface area contributed by atoms with Gasteiger partial charge in [0, 0.05) is 31.2 Å². The van der Waals surface area contributed by atoms with Gasteiger partial charge in [0.2, 0.25) is 0 Å². The number of carboxylic acids is 1. The Morgan fingerprint density at radius 3 is 2.75 bits per heavy atom. The summed E-state index contributed by atoms with van der Waals surface area (Å²) in [6.07, 6.45) is 3.53. The second-order valence-corrected chi connectivity index (χ2v) is 4.72. The van der Waals surface area contributed by atoms with Gasteiger partial charge < -0.3 is 10.8 Å². The third-order valence-electron chi connectivity index (χ3n) is 3.01. The molecule has 0 bridgehead atoms. The van der Waals surface area contributed by atoms with Crippen molar-refractivity contribution >= 4 is 11.7 Å².